The molecule has 0 saturated heterocycles. The minimum atomic E-state index is -0.540. The van der Waals surface area contributed by atoms with Crippen molar-refractivity contribution in [3.05, 3.63) is 60.8 Å². The summed E-state index contributed by atoms with van der Waals surface area (Å²) in [4.78, 5) is 12.3. The van der Waals surface area contributed by atoms with Crippen molar-refractivity contribution in [3.8, 4) is 0 Å². The Balaban J connectivity index is 3.42. The Hall–Kier alpha value is -1.91. The first kappa shape index (κ1) is 57.1. The van der Waals surface area contributed by atoms with Gasteiger partial charge in [-0.1, -0.05) is 254 Å². The van der Waals surface area contributed by atoms with Crippen LogP contribution < -0.4 is 0 Å². The van der Waals surface area contributed by atoms with Gasteiger partial charge in [0.2, 0.25) is 0 Å². The molecule has 0 fully saturated rings. The molecule has 1 atom stereocenters. The van der Waals surface area contributed by atoms with Gasteiger partial charge in [0.15, 0.2) is 0 Å². The van der Waals surface area contributed by atoms with Gasteiger partial charge in [0.1, 0.15) is 6.10 Å². The van der Waals surface area contributed by atoms with Gasteiger partial charge in [-0.3, -0.25) is 4.79 Å². The van der Waals surface area contributed by atoms with E-state index in [1.165, 1.54) is 186 Å². The van der Waals surface area contributed by atoms with E-state index in [0.29, 0.717) is 19.6 Å². The number of aliphatic hydroxyl groups is 1. The van der Waals surface area contributed by atoms with Crippen LogP contribution in [0.2, 0.25) is 0 Å². The predicted molar refractivity (Wildman–Crippen MR) is 260 cm³/mol. The quantitative estimate of drug-likeness (QED) is 0.0377. The smallest absolute Gasteiger partial charge is 0.306 e. The zero-order chi connectivity index (χ0) is 42.6. The van der Waals surface area contributed by atoms with Crippen molar-refractivity contribution < 1.29 is 19.4 Å². The standard InChI is InChI=1S/C55H100O4/c1-3-5-7-9-11-13-15-17-19-21-23-25-27-29-31-33-35-37-39-41-43-45-47-49-51-58-53-54(52-56)59-55(57)50-48-46-44-42-40-38-36-34-32-30-28-26-24-22-20-18-16-14-12-10-8-6-4-2/h5,7,11,13,17,19,23,25,29,31,54,56H,3-4,6,8-10,12,14-16,18,20-22,24,26-28,30,32-53H2,1-2H3/b7-5-,13-11-,19-17-,25-23-,31-29-. The monoisotopic (exact) mass is 825 g/mol. The Labute approximate surface area is 368 Å². The van der Waals surface area contributed by atoms with Crippen LogP contribution in [0.4, 0.5) is 0 Å². The van der Waals surface area contributed by atoms with Crippen LogP contribution in [-0.2, 0) is 14.3 Å². The van der Waals surface area contributed by atoms with Crippen molar-refractivity contribution in [1.29, 1.82) is 0 Å². The van der Waals surface area contributed by atoms with Gasteiger partial charge in [-0.2, -0.15) is 0 Å². The molecule has 0 radical (unpaired) electrons. The van der Waals surface area contributed by atoms with E-state index in [2.05, 4.69) is 74.6 Å². The lowest BCUT2D eigenvalue weighted by Crippen LogP contribution is -2.27. The third-order valence-electron chi connectivity index (χ3n) is 11.4. The summed E-state index contributed by atoms with van der Waals surface area (Å²) in [5, 5.41) is 9.66. The maximum absolute atomic E-state index is 12.3. The van der Waals surface area contributed by atoms with Gasteiger partial charge in [-0.05, 0) is 57.8 Å². The highest BCUT2D eigenvalue weighted by Crippen LogP contribution is 2.16. The second kappa shape index (κ2) is 52.2. The number of carbonyl (C=O) groups is 1. The molecule has 0 rings (SSSR count). The van der Waals surface area contributed by atoms with E-state index >= 15 is 0 Å². The van der Waals surface area contributed by atoms with Gasteiger partial charge in [0.05, 0.1) is 13.2 Å². The molecule has 1 unspecified atom stereocenters. The minimum Gasteiger partial charge on any atom is -0.457 e. The molecule has 0 aliphatic heterocycles. The number of rotatable bonds is 48. The molecule has 4 heteroatoms. The summed E-state index contributed by atoms with van der Waals surface area (Å²) in [7, 11) is 0. The molecule has 344 valence electrons. The second-order valence-corrected chi connectivity index (χ2v) is 17.2. The lowest BCUT2D eigenvalue weighted by atomic mass is 10.0. The average Bonchev–Trinajstić information content (AvgIpc) is 3.24. The molecule has 0 aliphatic rings. The van der Waals surface area contributed by atoms with E-state index < -0.39 is 6.10 Å². The van der Waals surface area contributed by atoms with Gasteiger partial charge >= 0.3 is 5.97 Å². The van der Waals surface area contributed by atoms with Crippen molar-refractivity contribution in [2.45, 2.75) is 264 Å². The summed E-state index contributed by atoms with van der Waals surface area (Å²) in [6, 6.07) is 0. The molecule has 0 heterocycles. The lowest BCUT2D eigenvalue weighted by Gasteiger charge is -2.16. The molecule has 0 aromatic heterocycles. The number of carbonyl (C=O) groups excluding carboxylic acids is 1. The van der Waals surface area contributed by atoms with Crippen molar-refractivity contribution in [2.24, 2.45) is 0 Å². The number of esters is 1. The van der Waals surface area contributed by atoms with Gasteiger partial charge in [0, 0.05) is 13.0 Å². The van der Waals surface area contributed by atoms with E-state index in [0.717, 1.165) is 51.4 Å². The Morgan fingerprint density at radius 2 is 0.763 bits per heavy atom. The number of unbranched alkanes of at least 4 members (excludes halogenated alkanes) is 30. The SMILES string of the molecule is CC/C=C\C/C=C\C/C=C\C/C=C\C/C=C\CCCCCCCCCCOCC(CO)OC(=O)CCCCCCCCCCCCCCCCCCCCCCCCC. The largest absolute Gasteiger partial charge is 0.457 e. The predicted octanol–water partition coefficient (Wildman–Crippen LogP) is 17.6. The molecule has 59 heavy (non-hydrogen) atoms. The number of hydrogen-bond donors (Lipinski definition) is 1. The van der Waals surface area contributed by atoms with E-state index in [9.17, 15) is 9.90 Å². The van der Waals surface area contributed by atoms with Gasteiger partial charge in [-0.25, -0.2) is 0 Å². The van der Waals surface area contributed by atoms with Crippen LogP contribution in [0, 0.1) is 0 Å². The molecule has 0 saturated carbocycles. The highest BCUT2D eigenvalue weighted by molar-refractivity contribution is 5.69. The molecule has 0 aromatic carbocycles. The lowest BCUT2D eigenvalue weighted by molar-refractivity contribution is -0.154. The molecule has 0 spiro atoms. The highest BCUT2D eigenvalue weighted by atomic mass is 16.6. The van der Waals surface area contributed by atoms with Gasteiger partial charge in [0.25, 0.3) is 0 Å². The first-order valence-corrected chi connectivity index (χ1v) is 25.9. The normalized spacial score (nSPS) is 12.8. The molecule has 1 N–H and O–H groups in total. The number of aliphatic hydroxyl groups excluding tert-OH is 1. The zero-order valence-electron chi connectivity index (χ0n) is 39.5. The van der Waals surface area contributed by atoms with E-state index in [4.69, 9.17) is 9.47 Å². The van der Waals surface area contributed by atoms with E-state index in [1.54, 1.807) is 0 Å². The minimum absolute atomic E-state index is 0.174. The van der Waals surface area contributed by atoms with Crippen LogP contribution in [-0.4, -0.2) is 37.0 Å². The van der Waals surface area contributed by atoms with Gasteiger partial charge < -0.3 is 14.6 Å². The maximum Gasteiger partial charge on any atom is 0.306 e. The second-order valence-electron chi connectivity index (χ2n) is 17.2. The first-order chi connectivity index (χ1) is 29.2. The number of hydrogen-bond acceptors (Lipinski definition) is 4. The summed E-state index contributed by atoms with van der Waals surface area (Å²) in [5.41, 5.74) is 0. The Bertz CT molecular complexity index is 962. The van der Waals surface area contributed by atoms with Crippen LogP contribution >= 0.6 is 0 Å². The van der Waals surface area contributed by atoms with Crippen LogP contribution in [0.5, 0.6) is 0 Å². The highest BCUT2D eigenvalue weighted by Gasteiger charge is 2.13. The molecular formula is C55H100O4. The molecule has 0 aromatic rings. The number of ether oxygens (including phenoxy) is 2. The van der Waals surface area contributed by atoms with Crippen LogP contribution in [0.3, 0.4) is 0 Å². The molecule has 0 bridgehead atoms. The summed E-state index contributed by atoms with van der Waals surface area (Å²) >= 11 is 0. The summed E-state index contributed by atoms with van der Waals surface area (Å²) in [5.74, 6) is -0.200. The topological polar surface area (TPSA) is 55.8 Å². The van der Waals surface area contributed by atoms with Crippen LogP contribution in [0.25, 0.3) is 0 Å². The summed E-state index contributed by atoms with van der Waals surface area (Å²) < 4.78 is 11.2. The zero-order valence-corrected chi connectivity index (χ0v) is 39.5. The van der Waals surface area contributed by atoms with Crippen molar-refractivity contribution in [1.82, 2.24) is 0 Å². The van der Waals surface area contributed by atoms with Gasteiger partial charge in [-0.15, -0.1) is 0 Å². The molecule has 0 amide bonds. The Kier molecular flexibility index (Phi) is 50.5. The first-order valence-electron chi connectivity index (χ1n) is 25.9. The van der Waals surface area contributed by atoms with Crippen LogP contribution in [0.15, 0.2) is 60.8 Å². The van der Waals surface area contributed by atoms with Crippen LogP contribution in [0.1, 0.15) is 258 Å². The third kappa shape index (κ3) is 50.3. The summed E-state index contributed by atoms with van der Waals surface area (Å²) in [6.45, 7) is 5.25. The maximum atomic E-state index is 12.3. The Morgan fingerprint density at radius 3 is 1.15 bits per heavy atom. The van der Waals surface area contributed by atoms with Crippen molar-refractivity contribution in [3.63, 3.8) is 0 Å². The fraction of sp³-hybridized carbons (Fsp3) is 0.800. The van der Waals surface area contributed by atoms with E-state index in [1.807, 2.05) is 0 Å². The average molecular weight is 825 g/mol. The fourth-order valence-corrected chi connectivity index (χ4v) is 7.53. The van der Waals surface area contributed by atoms with Crippen molar-refractivity contribution >= 4 is 5.97 Å². The number of allylic oxidation sites excluding steroid dienone is 10. The third-order valence-corrected chi connectivity index (χ3v) is 11.4. The Morgan fingerprint density at radius 1 is 0.424 bits per heavy atom. The summed E-state index contributed by atoms with van der Waals surface area (Å²) in [6.07, 6.45) is 70.3. The van der Waals surface area contributed by atoms with E-state index in [-0.39, 0.29) is 12.6 Å². The molecular weight excluding hydrogens is 725 g/mol. The molecule has 0 aliphatic carbocycles. The fourth-order valence-electron chi connectivity index (χ4n) is 7.53. The molecule has 4 nitrogen and oxygen atoms in total. The van der Waals surface area contributed by atoms with Crippen molar-refractivity contribution in [2.75, 3.05) is 19.8 Å².